The summed E-state index contributed by atoms with van der Waals surface area (Å²) < 4.78 is 11.0. The molecule has 0 aliphatic carbocycles. The molecule has 0 spiro atoms. The van der Waals surface area contributed by atoms with Crippen molar-refractivity contribution in [2.45, 2.75) is 13.3 Å². The summed E-state index contributed by atoms with van der Waals surface area (Å²) in [4.78, 5) is 0. The molecule has 1 unspecified atom stereocenters. The molecule has 0 radical (unpaired) electrons. The molecule has 1 aromatic carbocycles. The normalized spacial score (nSPS) is 19.9. The lowest BCUT2D eigenvalue weighted by molar-refractivity contribution is 0.260. The van der Waals surface area contributed by atoms with Crippen LogP contribution in [0.25, 0.3) is 11.0 Å². The fraction of sp³-hybridized carbons (Fsp3) is 0.462. The van der Waals surface area contributed by atoms with Crippen LogP contribution in [-0.4, -0.2) is 24.9 Å². The maximum absolute atomic E-state index is 5.81. The topological polar surface area (TPSA) is 47.3 Å². The van der Waals surface area contributed by atoms with Crippen LogP contribution in [0.5, 0.6) is 5.75 Å². The Hall–Kier alpha value is -1.55. The Kier molecular flexibility index (Phi) is 2.73. The number of aromatic nitrogens is 1. The first-order valence-corrected chi connectivity index (χ1v) is 6.02. The van der Waals surface area contributed by atoms with Gasteiger partial charge >= 0.3 is 0 Å². The van der Waals surface area contributed by atoms with Gasteiger partial charge in [-0.1, -0.05) is 5.16 Å². The summed E-state index contributed by atoms with van der Waals surface area (Å²) in [7, 11) is 0. The van der Waals surface area contributed by atoms with Gasteiger partial charge in [-0.25, -0.2) is 0 Å². The van der Waals surface area contributed by atoms with Gasteiger partial charge < -0.3 is 14.6 Å². The first-order valence-electron chi connectivity index (χ1n) is 6.02. The van der Waals surface area contributed by atoms with Crippen LogP contribution in [0, 0.1) is 12.8 Å². The lowest BCUT2D eigenvalue weighted by Crippen LogP contribution is -2.15. The highest BCUT2D eigenvalue weighted by Crippen LogP contribution is 2.24. The van der Waals surface area contributed by atoms with Crippen molar-refractivity contribution in [3.05, 3.63) is 23.9 Å². The fourth-order valence-electron chi connectivity index (χ4n) is 2.20. The van der Waals surface area contributed by atoms with E-state index in [4.69, 9.17) is 9.26 Å². The second kappa shape index (κ2) is 4.37. The van der Waals surface area contributed by atoms with Crippen molar-refractivity contribution in [2.24, 2.45) is 5.92 Å². The Morgan fingerprint density at radius 3 is 3.29 bits per heavy atom. The monoisotopic (exact) mass is 232 g/mol. The molecule has 1 atom stereocenters. The van der Waals surface area contributed by atoms with Crippen LogP contribution in [0.15, 0.2) is 22.7 Å². The number of nitrogens with zero attached hydrogens (tertiary/aromatic N) is 1. The van der Waals surface area contributed by atoms with Crippen LogP contribution < -0.4 is 10.1 Å². The summed E-state index contributed by atoms with van der Waals surface area (Å²) in [5.41, 5.74) is 1.73. The maximum atomic E-state index is 5.81. The molecule has 1 fully saturated rings. The van der Waals surface area contributed by atoms with Crippen molar-refractivity contribution in [2.75, 3.05) is 19.7 Å². The Balaban J connectivity index is 1.73. The summed E-state index contributed by atoms with van der Waals surface area (Å²) in [5, 5.41) is 8.31. The first-order chi connectivity index (χ1) is 8.33. The van der Waals surface area contributed by atoms with Gasteiger partial charge in [-0.3, -0.25) is 0 Å². The van der Waals surface area contributed by atoms with Gasteiger partial charge in [0.1, 0.15) is 5.75 Å². The second-order valence-corrected chi connectivity index (χ2v) is 4.60. The maximum Gasteiger partial charge on any atom is 0.167 e. The molecule has 2 aromatic rings. The third kappa shape index (κ3) is 2.13. The Morgan fingerprint density at radius 1 is 1.53 bits per heavy atom. The van der Waals surface area contributed by atoms with E-state index in [0.717, 1.165) is 42.1 Å². The van der Waals surface area contributed by atoms with Crippen molar-refractivity contribution in [3.8, 4) is 5.75 Å². The highest BCUT2D eigenvalue weighted by atomic mass is 16.5. The van der Waals surface area contributed by atoms with Gasteiger partial charge in [0.25, 0.3) is 0 Å². The molecular weight excluding hydrogens is 216 g/mol. The van der Waals surface area contributed by atoms with Crippen molar-refractivity contribution in [1.29, 1.82) is 0 Å². The number of ether oxygens (including phenoxy) is 1. The van der Waals surface area contributed by atoms with E-state index in [-0.39, 0.29) is 0 Å². The van der Waals surface area contributed by atoms with Crippen LogP contribution in [0.2, 0.25) is 0 Å². The van der Waals surface area contributed by atoms with Gasteiger partial charge in [-0.2, -0.15) is 0 Å². The molecule has 0 amide bonds. The van der Waals surface area contributed by atoms with Crippen LogP contribution in [0.3, 0.4) is 0 Å². The minimum atomic E-state index is 0.634. The van der Waals surface area contributed by atoms with Gasteiger partial charge in [-0.05, 0) is 38.1 Å². The number of hydrogen-bond donors (Lipinski definition) is 1. The molecule has 1 aromatic heterocycles. The molecule has 4 heteroatoms. The Labute approximate surface area is 99.9 Å². The van der Waals surface area contributed by atoms with E-state index in [0.29, 0.717) is 5.92 Å². The molecule has 17 heavy (non-hydrogen) atoms. The van der Waals surface area contributed by atoms with E-state index in [1.54, 1.807) is 0 Å². The first kappa shape index (κ1) is 10.6. The van der Waals surface area contributed by atoms with Crippen molar-refractivity contribution in [1.82, 2.24) is 10.5 Å². The number of fused-ring (bicyclic) bond motifs is 1. The predicted molar refractivity (Wildman–Crippen MR) is 65.2 cm³/mol. The van der Waals surface area contributed by atoms with Crippen molar-refractivity contribution >= 4 is 11.0 Å². The molecule has 2 heterocycles. The summed E-state index contributed by atoms with van der Waals surface area (Å²) in [6.07, 6.45) is 1.20. The molecule has 4 nitrogen and oxygen atoms in total. The number of aryl methyl sites for hydroxylation is 1. The molecular formula is C13H16N2O2. The van der Waals surface area contributed by atoms with E-state index < -0.39 is 0 Å². The fourth-order valence-corrected chi connectivity index (χ4v) is 2.20. The average Bonchev–Trinajstić information content (AvgIpc) is 2.97. The average molecular weight is 232 g/mol. The third-order valence-corrected chi connectivity index (χ3v) is 3.27. The minimum Gasteiger partial charge on any atom is -0.493 e. The molecule has 1 saturated heterocycles. The molecule has 0 bridgehead atoms. The Bertz CT molecular complexity index is 515. The SMILES string of the molecule is Cc1noc2ccc(OCC3CCNC3)cc12. The van der Waals surface area contributed by atoms with Crippen LogP contribution in [0.1, 0.15) is 12.1 Å². The lowest BCUT2D eigenvalue weighted by atomic mass is 10.1. The van der Waals surface area contributed by atoms with Crippen LogP contribution in [0.4, 0.5) is 0 Å². The zero-order chi connectivity index (χ0) is 11.7. The smallest absolute Gasteiger partial charge is 0.167 e. The van der Waals surface area contributed by atoms with Gasteiger partial charge in [0.2, 0.25) is 0 Å². The van der Waals surface area contributed by atoms with Gasteiger partial charge in [0.15, 0.2) is 5.58 Å². The zero-order valence-electron chi connectivity index (χ0n) is 9.90. The van der Waals surface area contributed by atoms with Crippen molar-refractivity contribution < 1.29 is 9.26 Å². The van der Waals surface area contributed by atoms with E-state index in [9.17, 15) is 0 Å². The van der Waals surface area contributed by atoms with Crippen LogP contribution in [-0.2, 0) is 0 Å². The van der Waals surface area contributed by atoms with E-state index >= 15 is 0 Å². The molecule has 90 valence electrons. The highest BCUT2D eigenvalue weighted by molar-refractivity contribution is 5.80. The molecule has 1 aliphatic heterocycles. The second-order valence-electron chi connectivity index (χ2n) is 4.60. The third-order valence-electron chi connectivity index (χ3n) is 3.27. The molecule has 1 aliphatic rings. The quantitative estimate of drug-likeness (QED) is 0.880. The summed E-state index contributed by atoms with van der Waals surface area (Å²) in [6, 6.07) is 5.86. The molecule has 1 N–H and O–H groups in total. The minimum absolute atomic E-state index is 0.634. The van der Waals surface area contributed by atoms with E-state index in [2.05, 4.69) is 10.5 Å². The zero-order valence-corrected chi connectivity index (χ0v) is 9.90. The van der Waals surface area contributed by atoms with Gasteiger partial charge in [0.05, 0.1) is 12.3 Å². The van der Waals surface area contributed by atoms with E-state index in [1.807, 2.05) is 25.1 Å². The predicted octanol–water partition coefficient (Wildman–Crippen LogP) is 2.12. The number of benzene rings is 1. The van der Waals surface area contributed by atoms with Crippen molar-refractivity contribution in [3.63, 3.8) is 0 Å². The van der Waals surface area contributed by atoms with Gasteiger partial charge in [0, 0.05) is 17.8 Å². The summed E-state index contributed by atoms with van der Waals surface area (Å²) >= 11 is 0. The van der Waals surface area contributed by atoms with Crippen LogP contribution >= 0.6 is 0 Å². The number of hydrogen-bond acceptors (Lipinski definition) is 4. The summed E-state index contributed by atoms with van der Waals surface area (Å²) in [5.74, 6) is 1.53. The largest absolute Gasteiger partial charge is 0.493 e. The standard InChI is InChI=1S/C13H16N2O2/c1-9-12-6-11(2-3-13(12)17-15-9)16-8-10-4-5-14-7-10/h2-3,6,10,14H,4-5,7-8H2,1H3. The molecule has 0 saturated carbocycles. The number of rotatable bonds is 3. The van der Waals surface area contributed by atoms with Gasteiger partial charge in [-0.15, -0.1) is 0 Å². The van der Waals surface area contributed by atoms with E-state index in [1.165, 1.54) is 6.42 Å². The number of nitrogens with one attached hydrogen (secondary N) is 1. The molecule has 3 rings (SSSR count). The lowest BCUT2D eigenvalue weighted by Gasteiger charge is -2.10. The highest BCUT2D eigenvalue weighted by Gasteiger charge is 2.15. The Morgan fingerprint density at radius 2 is 2.47 bits per heavy atom. The summed E-state index contributed by atoms with van der Waals surface area (Å²) in [6.45, 7) is 4.89.